The van der Waals surface area contributed by atoms with Gasteiger partial charge in [-0.2, -0.15) is 0 Å². The lowest BCUT2D eigenvalue weighted by molar-refractivity contribution is 0.199. The first kappa shape index (κ1) is 14.8. The molecule has 114 valence electrons. The van der Waals surface area contributed by atoms with Gasteiger partial charge >= 0.3 is 0 Å². The van der Waals surface area contributed by atoms with E-state index in [0.29, 0.717) is 0 Å². The van der Waals surface area contributed by atoms with E-state index in [2.05, 4.69) is 64.2 Å². The molecule has 0 saturated heterocycles. The van der Waals surface area contributed by atoms with Crippen molar-refractivity contribution in [3.8, 4) is 11.3 Å². The van der Waals surface area contributed by atoms with E-state index in [0.717, 1.165) is 31.0 Å². The molecule has 0 spiro atoms. The van der Waals surface area contributed by atoms with Crippen molar-refractivity contribution in [3.05, 3.63) is 59.9 Å². The maximum atomic E-state index is 5.08. The highest BCUT2D eigenvalue weighted by Crippen LogP contribution is 2.25. The first-order valence-electron chi connectivity index (χ1n) is 7.51. The van der Waals surface area contributed by atoms with Gasteiger partial charge in [-0.3, -0.25) is 4.40 Å². The zero-order chi connectivity index (χ0) is 15.4. The van der Waals surface area contributed by atoms with Crippen molar-refractivity contribution in [3.63, 3.8) is 0 Å². The van der Waals surface area contributed by atoms with Gasteiger partial charge in [-0.05, 0) is 24.1 Å². The van der Waals surface area contributed by atoms with E-state index in [1.165, 1.54) is 16.7 Å². The molecule has 0 atom stereocenters. The predicted molar refractivity (Wildman–Crippen MR) is 88.9 cm³/mol. The van der Waals surface area contributed by atoms with Crippen LogP contribution in [-0.4, -0.2) is 29.6 Å². The molecule has 4 nitrogen and oxygen atoms in total. The monoisotopic (exact) mass is 295 g/mol. The molecule has 22 heavy (non-hydrogen) atoms. The quantitative estimate of drug-likeness (QED) is 0.710. The van der Waals surface area contributed by atoms with E-state index < -0.39 is 0 Å². The number of methoxy groups -OCH3 is 1. The molecule has 0 bridgehead atoms. The van der Waals surface area contributed by atoms with Crippen LogP contribution in [0, 0.1) is 6.92 Å². The molecule has 2 heterocycles. The highest BCUT2D eigenvalue weighted by Gasteiger charge is 2.09. The van der Waals surface area contributed by atoms with Crippen LogP contribution in [0.25, 0.3) is 16.9 Å². The van der Waals surface area contributed by atoms with Crippen LogP contribution in [0.4, 0.5) is 0 Å². The summed E-state index contributed by atoms with van der Waals surface area (Å²) in [4.78, 5) is 4.51. The summed E-state index contributed by atoms with van der Waals surface area (Å²) in [6.45, 7) is 4.48. The molecule has 1 N–H and O–H groups in total. The number of aromatic nitrogens is 2. The van der Waals surface area contributed by atoms with Crippen LogP contribution in [0.5, 0.6) is 0 Å². The Morgan fingerprint density at radius 3 is 2.91 bits per heavy atom. The third-order valence-corrected chi connectivity index (χ3v) is 3.75. The number of pyridine rings is 1. The molecule has 3 rings (SSSR count). The number of benzene rings is 1. The number of aryl methyl sites for hydroxylation is 1. The van der Waals surface area contributed by atoms with Gasteiger partial charge < -0.3 is 10.1 Å². The number of ether oxygens (including phenoxy) is 1. The van der Waals surface area contributed by atoms with Crippen LogP contribution in [0.2, 0.25) is 0 Å². The van der Waals surface area contributed by atoms with E-state index in [9.17, 15) is 0 Å². The summed E-state index contributed by atoms with van der Waals surface area (Å²) in [6, 6.07) is 12.6. The van der Waals surface area contributed by atoms with Gasteiger partial charge in [-0.25, -0.2) is 4.98 Å². The number of fused-ring (bicyclic) bond motifs is 1. The number of rotatable bonds is 6. The molecule has 0 fully saturated rings. The van der Waals surface area contributed by atoms with Crippen molar-refractivity contribution in [1.82, 2.24) is 14.7 Å². The lowest BCUT2D eigenvalue weighted by atomic mass is 10.0. The topological polar surface area (TPSA) is 38.6 Å². The smallest absolute Gasteiger partial charge is 0.137 e. The average molecular weight is 295 g/mol. The maximum Gasteiger partial charge on any atom is 0.137 e. The fourth-order valence-electron chi connectivity index (χ4n) is 2.61. The fraction of sp³-hybridized carbons (Fsp3) is 0.278. The normalized spacial score (nSPS) is 11.2. The fourth-order valence-corrected chi connectivity index (χ4v) is 2.61. The molecule has 3 aromatic rings. The Bertz CT molecular complexity index is 764. The Morgan fingerprint density at radius 2 is 2.05 bits per heavy atom. The zero-order valence-corrected chi connectivity index (χ0v) is 13.0. The van der Waals surface area contributed by atoms with Crippen LogP contribution >= 0.6 is 0 Å². The van der Waals surface area contributed by atoms with Crippen molar-refractivity contribution in [2.24, 2.45) is 0 Å². The zero-order valence-electron chi connectivity index (χ0n) is 13.0. The first-order valence-corrected chi connectivity index (χ1v) is 7.51. The summed E-state index contributed by atoms with van der Waals surface area (Å²) in [5.41, 5.74) is 5.81. The minimum Gasteiger partial charge on any atom is -0.383 e. The summed E-state index contributed by atoms with van der Waals surface area (Å²) in [5, 5.41) is 3.41. The molecule has 0 unspecified atom stereocenters. The molecule has 0 aliphatic heterocycles. The van der Waals surface area contributed by atoms with Gasteiger partial charge in [-0.15, -0.1) is 0 Å². The molecule has 0 aliphatic carbocycles. The second-order valence-corrected chi connectivity index (χ2v) is 5.40. The Balaban J connectivity index is 1.94. The highest BCUT2D eigenvalue weighted by molar-refractivity contribution is 5.67. The van der Waals surface area contributed by atoms with Crippen LogP contribution in [0.15, 0.2) is 48.8 Å². The Morgan fingerprint density at radius 1 is 1.18 bits per heavy atom. The molecule has 1 aromatic carbocycles. The Labute approximate surface area is 130 Å². The third-order valence-electron chi connectivity index (χ3n) is 3.75. The highest BCUT2D eigenvalue weighted by atomic mass is 16.5. The molecular weight excluding hydrogens is 274 g/mol. The minimum atomic E-state index is 0.719. The van der Waals surface area contributed by atoms with E-state index >= 15 is 0 Å². The maximum absolute atomic E-state index is 5.08. The van der Waals surface area contributed by atoms with Gasteiger partial charge in [-0.1, -0.05) is 30.3 Å². The molecule has 0 saturated carbocycles. The summed E-state index contributed by atoms with van der Waals surface area (Å²) in [5.74, 6) is 0. The van der Waals surface area contributed by atoms with Gasteiger partial charge in [0.15, 0.2) is 0 Å². The van der Waals surface area contributed by atoms with Crippen molar-refractivity contribution < 1.29 is 4.74 Å². The van der Waals surface area contributed by atoms with E-state index in [-0.39, 0.29) is 0 Å². The van der Waals surface area contributed by atoms with Crippen molar-refractivity contribution in [2.45, 2.75) is 13.5 Å². The summed E-state index contributed by atoms with van der Waals surface area (Å²) < 4.78 is 7.23. The van der Waals surface area contributed by atoms with Crippen molar-refractivity contribution in [2.75, 3.05) is 20.3 Å². The van der Waals surface area contributed by atoms with E-state index in [4.69, 9.17) is 4.74 Å². The van der Waals surface area contributed by atoms with Gasteiger partial charge in [0.2, 0.25) is 0 Å². The SMILES string of the molecule is COCCNCc1ccccc1-c1cnc2ccc(C)cn12. The summed E-state index contributed by atoms with van der Waals surface area (Å²) >= 11 is 0. The molecule has 4 heteroatoms. The number of nitrogens with one attached hydrogen (secondary N) is 1. The van der Waals surface area contributed by atoms with Crippen LogP contribution < -0.4 is 5.32 Å². The second kappa shape index (κ2) is 6.73. The largest absolute Gasteiger partial charge is 0.383 e. The molecule has 0 amide bonds. The standard InChI is InChI=1S/C18H21N3O/c1-14-7-8-18-20-12-17(21(18)13-14)16-6-4-3-5-15(16)11-19-9-10-22-2/h3-8,12-13,19H,9-11H2,1-2H3. The average Bonchev–Trinajstić information content (AvgIpc) is 2.95. The van der Waals surface area contributed by atoms with Crippen LogP contribution in [0.3, 0.4) is 0 Å². The number of hydrogen-bond donors (Lipinski definition) is 1. The molecule has 0 aliphatic rings. The van der Waals surface area contributed by atoms with Gasteiger partial charge in [0.25, 0.3) is 0 Å². The van der Waals surface area contributed by atoms with E-state index in [1.807, 2.05) is 6.20 Å². The Kier molecular flexibility index (Phi) is 4.51. The predicted octanol–water partition coefficient (Wildman–Crippen LogP) is 3.05. The van der Waals surface area contributed by atoms with E-state index in [1.54, 1.807) is 7.11 Å². The summed E-state index contributed by atoms with van der Waals surface area (Å²) in [7, 11) is 1.72. The van der Waals surface area contributed by atoms with Crippen molar-refractivity contribution in [1.29, 1.82) is 0 Å². The number of imidazole rings is 1. The molecule has 0 radical (unpaired) electrons. The lowest BCUT2D eigenvalue weighted by Gasteiger charge is -2.11. The van der Waals surface area contributed by atoms with Gasteiger partial charge in [0, 0.05) is 32.0 Å². The van der Waals surface area contributed by atoms with Crippen LogP contribution in [-0.2, 0) is 11.3 Å². The van der Waals surface area contributed by atoms with Gasteiger partial charge in [0.05, 0.1) is 18.5 Å². The number of nitrogens with zero attached hydrogens (tertiary/aromatic N) is 2. The molecule has 2 aromatic heterocycles. The molecular formula is C18H21N3O. The Hall–Kier alpha value is -2.17. The minimum absolute atomic E-state index is 0.719. The number of hydrogen-bond acceptors (Lipinski definition) is 3. The van der Waals surface area contributed by atoms with Gasteiger partial charge in [0.1, 0.15) is 5.65 Å². The third kappa shape index (κ3) is 3.03. The lowest BCUT2D eigenvalue weighted by Crippen LogP contribution is -2.19. The first-order chi connectivity index (χ1) is 10.8. The van der Waals surface area contributed by atoms with Crippen molar-refractivity contribution >= 4 is 5.65 Å². The summed E-state index contributed by atoms with van der Waals surface area (Å²) in [6.07, 6.45) is 4.08. The second-order valence-electron chi connectivity index (χ2n) is 5.40. The van der Waals surface area contributed by atoms with Crippen LogP contribution in [0.1, 0.15) is 11.1 Å².